The van der Waals surface area contributed by atoms with Gasteiger partial charge in [0.15, 0.2) is 11.6 Å². The molecule has 0 radical (unpaired) electrons. The molecule has 0 aliphatic heterocycles. The van der Waals surface area contributed by atoms with Crippen molar-refractivity contribution in [2.45, 2.75) is 38.3 Å². The quantitative estimate of drug-likeness (QED) is 0.165. The first-order valence-corrected chi connectivity index (χ1v) is 13.2. The standard InChI is InChI=1S/C32H30F4N2O4/c33-26-12-3-6-15-30(26)42-29-14-5-2-10-24(29)20-38(17-16-27(37)31(39)40)19-23-9-1-4-13-28(23)41-21-22-8-7-11-25(18-22)32(34,35)36/h1-15,18,27H,16-17,19-21,37H2,(H,39,40)/t27-/m0/s1. The summed E-state index contributed by atoms with van der Waals surface area (Å²) < 4.78 is 65.5. The molecule has 220 valence electrons. The zero-order chi connectivity index (χ0) is 30.1. The highest BCUT2D eigenvalue weighted by atomic mass is 19.4. The lowest BCUT2D eigenvalue weighted by Crippen LogP contribution is -2.35. The average Bonchev–Trinajstić information content (AvgIpc) is 2.97. The van der Waals surface area contributed by atoms with Crippen LogP contribution in [0.2, 0.25) is 0 Å². The molecule has 0 amide bonds. The Hall–Kier alpha value is -4.41. The topological polar surface area (TPSA) is 85.0 Å². The van der Waals surface area contributed by atoms with E-state index in [0.29, 0.717) is 36.7 Å². The third-order valence-corrected chi connectivity index (χ3v) is 6.51. The first-order chi connectivity index (χ1) is 20.1. The lowest BCUT2D eigenvalue weighted by Gasteiger charge is -2.25. The zero-order valence-corrected chi connectivity index (χ0v) is 22.6. The highest BCUT2D eigenvalue weighted by molar-refractivity contribution is 5.73. The second kappa shape index (κ2) is 14.0. The molecule has 10 heteroatoms. The van der Waals surface area contributed by atoms with Crippen LogP contribution in [0, 0.1) is 5.82 Å². The predicted molar refractivity (Wildman–Crippen MR) is 149 cm³/mol. The predicted octanol–water partition coefficient (Wildman–Crippen LogP) is 7.02. The molecule has 0 aliphatic rings. The van der Waals surface area contributed by atoms with Gasteiger partial charge in [-0.05, 0) is 48.4 Å². The number of carboxylic acids is 1. The van der Waals surface area contributed by atoms with Gasteiger partial charge in [-0.3, -0.25) is 9.69 Å². The van der Waals surface area contributed by atoms with Crippen LogP contribution >= 0.6 is 0 Å². The second-order valence-electron chi connectivity index (χ2n) is 9.68. The van der Waals surface area contributed by atoms with Crippen molar-refractivity contribution >= 4 is 5.97 Å². The van der Waals surface area contributed by atoms with Gasteiger partial charge < -0.3 is 20.3 Å². The maximum Gasteiger partial charge on any atom is 0.416 e. The van der Waals surface area contributed by atoms with Crippen molar-refractivity contribution in [2.75, 3.05) is 6.54 Å². The Balaban J connectivity index is 1.55. The van der Waals surface area contributed by atoms with Crippen LogP contribution in [0.5, 0.6) is 17.2 Å². The summed E-state index contributed by atoms with van der Waals surface area (Å²) in [6, 6.07) is 24.2. The molecule has 0 saturated heterocycles. The fraction of sp³-hybridized carbons (Fsp3) is 0.219. The maximum absolute atomic E-state index is 14.3. The van der Waals surface area contributed by atoms with Crippen LogP contribution in [0.15, 0.2) is 97.1 Å². The second-order valence-corrected chi connectivity index (χ2v) is 9.68. The lowest BCUT2D eigenvalue weighted by molar-refractivity contribution is -0.139. The third kappa shape index (κ3) is 8.55. The minimum absolute atomic E-state index is 0.0673. The van der Waals surface area contributed by atoms with Gasteiger partial charge >= 0.3 is 12.1 Å². The molecule has 0 unspecified atom stereocenters. The molecule has 0 aliphatic carbocycles. The Kier molecular flexibility index (Phi) is 10.2. The Morgan fingerprint density at radius 3 is 2.07 bits per heavy atom. The van der Waals surface area contributed by atoms with Crippen LogP contribution < -0.4 is 15.2 Å². The van der Waals surface area contributed by atoms with Gasteiger partial charge in [-0.25, -0.2) is 4.39 Å². The molecule has 1 atom stereocenters. The number of hydrogen-bond donors (Lipinski definition) is 2. The van der Waals surface area contributed by atoms with Crippen LogP contribution in [0.4, 0.5) is 17.6 Å². The number of hydrogen-bond acceptors (Lipinski definition) is 5. The molecule has 0 heterocycles. The summed E-state index contributed by atoms with van der Waals surface area (Å²) in [7, 11) is 0. The number of carbonyl (C=O) groups is 1. The minimum Gasteiger partial charge on any atom is -0.489 e. The Labute approximate surface area is 240 Å². The van der Waals surface area contributed by atoms with Crippen molar-refractivity contribution < 1.29 is 36.9 Å². The summed E-state index contributed by atoms with van der Waals surface area (Å²) >= 11 is 0. The number of aliphatic carboxylic acids is 1. The number of ether oxygens (including phenoxy) is 2. The van der Waals surface area contributed by atoms with E-state index >= 15 is 0 Å². The Morgan fingerprint density at radius 1 is 0.833 bits per heavy atom. The fourth-order valence-corrected chi connectivity index (χ4v) is 4.29. The minimum atomic E-state index is -4.46. The zero-order valence-electron chi connectivity index (χ0n) is 22.6. The number of carboxylic acid groups (broad SMARTS) is 1. The van der Waals surface area contributed by atoms with Gasteiger partial charge in [-0.1, -0.05) is 60.7 Å². The number of nitrogens with two attached hydrogens (primary N) is 1. The van der Waals surface area contributed by atoms with Crippen LogP contribution in [-0.2, 0) is 30.7 Å². The van der Waals surface area contributed by atoms with Crippen molar-refractivity contribution in [1.29, 1.82) is 0 Å². The molecule has 3 N–H and O–H groups in total. The number of benzene rings is 4. The first kappa shape index (κ1) is 30.5. The van der Waals surface area contributed by atoms with Crippen molar-refractivity contribution in [2.24, 2.45) is 5.73 Å². The molecular weight excluding hydrogens is 552 g/mol. The van der Waals surface area contributed by atoms with Crippen LogP contribution in [0.1, 0.15) is 28.7 Å². The highest BCUT2D eigenvalue weighted by Crippen LogP contribution is 2.31. The lowest BCUT2D eigenvalue weighted by atomic mass is 10.1. The van der Waals surface area contributed by atoms with E-state index in [-0.39, 0.29) is 18.8 Å². The number of para-hydroxylation sites is 3. The van der Waals surface area contributed by atoms with E-state index in [2.05, 4.69) is 0 Å². The molecule has 42 heavy (non-hydrogen) atoms. The summed E-state index contributed by atoms with van der Waals surface area (Å²) in [6.07, 6.45) is -4.31. The van der Waals surface area contributed by atoms with Gasteiger partial charge in [-0.2, -0.15) is 13.2 Å². The molecule has 4 rings (SSSR count). The van der Waals surface area contributed by atoms with Crippen molar-refractivity contribution in [3.05, 3.63) is 125 Å². The van der Waals surface area contributed by atoms with Gasteiger partial charge in [0.2, 0.25) is 0 Å². The van der Waals surface area contributed by atoms with Gasteiger partial charge in [0.05, 0.1) is 5.56 Å². The fourth-order valence-electron chi connectivity index (χ4n) is 4.29. The molecular formula is C32H30F4N2O4. The van der Waals surface area contributed by atoms with Gasteiger partial charge in [0.25, 0.3) is 0 Å². The monoisotopic (exact) mass is 582 g/mol. The molecule has 6 nitrogen and oxygen atoms in total. The van der Waals surface area contributed by atoms with Crippen LogP contribution in [-0.4, -0.2) is 28.6 Å². The van der Waals surface area contributed by atoms with Crippen molar-refractivity contribution in [1.82, 2.24) is 4.90 Å². The SMILES string of the molecule is N[C@@H](CCN(Cc1ccccc1OCc1cccc(C(F)(F)F)c1)Cc1ccccc1Oc1ccccc1F)C(=O)O. The number of rotatable bonds is 13. The molecule has 0 fully saturated rings. The number of nitrogens with zero attached hydrogens (tertiary/aromatic N) is 1. The normalized spacial score (nSPS) is 12.2. The molecule has 4 aromatic carbocycles. The van der Waals surface area contributed by atoms with Gasteiger partial charge in [-0.15, -0.1) is 0 Å². The van der Waals surface area contributed by atoms with Crippen molar-refractivity contribution in [3.63, 3.8) is 0 Å². The van der Waals surface area contributed by atoms with Gasteiger partial charge in [0.1, 0.15) is 24.1 Å². The molecule has 0 spiro atoms. The number of alkyl halides is 3. The van der Waals surface area contributed by atoms with E-state index < -0.39 is 29.6 Å². The summed E-state index contributed by atoms with van der Waals surface area (Å²) in [5, 5.41) is 9.31. The Bertz CT molecular complexity index is 1500. The molecule has 0 saturated carbocycles. The Morgan fingerprint density at radius 2 is 1.43 bits per heavy atom. The smallest absolute Gasteiger partial charge is 0.416 e. The van der Waals surface area contributed by atoms with E-state index in [0.717, 1.165) is 23.3 Å². The maximum atomic E-state index is 14.3. The van der Waals surface area contributed by atoms with Crippen LogP contribution in [0.3, 0.4) is 0 Å². The third-order valence-electron chi connectivity index (χ3n) is 6.51. The first-order valence-electron chi connectivity index (χ1n) is 13.2. The number of halogens is 4. The average molecular weight is 583 g/mol. The van der Waals surface area contributed by atoms with E-state index in [4.69, 9.17) is 15.2 Å². The molecule has 0 aromatic heterocycles. The molecule has 0 bridgehead atoms. The largest absolute Gasteiger partial charge is 0.489 e. The summed E-state index contributed by atoms with van der Waals surface area (Å²) in [5.41, 5.74) is 6.86. The van der Waals surface area contributed by atoms with Gasteiger partial charge in [0, 0.05) is 30.8 Å². The summed E-state index contributed by atoms with van der Waals surface area (Å²) in [4.78, 5) is 13.3. The summed E-state index contributed by atoms with van der Waals surface area (Å²) in [5.74, 6) is -0.660. The van der Waals surface area contributed by atoms with E-state index in [1.54, 1.807) is 42.5 Å². The van der Waals surface area contributed by atoms with E-state index in [1.807, 2.05) is 29.2 Å². The highest BCUT2D eigenvalue weighted by Gasteiger charge is 2.30. The van der Waals surface area contributed by atoms with E-state index in [1.165, 1.54) is 18.2 Å². The summed E-state index contributed by atoms with van der Waals surface area (Å²) in [6.45, 7) is 0.825. The molecule has 4 aromatic rings. The van der Waals surface area contributed by atoms with Crippen LogP contribution in [0.25, 0.3) is 0 Å². The van der Waals surface area contributed by atoms with E-state index in [9.17, 15) is 27.5 Å². The van der Waals surface area contributed by atoms with Crippen molar-refractivity contribution in [3.8, 4) is 17.2 Å².